The largest absolute Gasteiger partial charge is 0.497 e. The van der Waals surface area contributed by atoms with E-state index >= 15 is 0 Å². The van der Waals surface area contributed by atoms with Crippen LogP contribution in [0.4, 0.5) is 10.5 Å². The van der Waals surface area contributed by atoms with Crippen molar-refractivity contribution in [1.82, 2.24) is 15.5 Å². The van der Waals surface area contributed by atoms with Crippen molar-refractivity contribution < 1.29 is 28.7 Å². The molecule has 10 nitrogen and oxygen atoms in total. The number of nitrogens with zero attached hydrogens (tertiary/aromatic N) is 1. The number of benzene rings is 2. The molecule has 164 valence electrons. The lowest BCUT2D eigenvalue weighted by molar-refractivity contribution is -0.136. The third kappa shape index (κ3) is 4.02. The minimum atomic E-state index is -0.792. The zero-order chi connectivity index (χ0) is 22.8. The van der Waals surface area contributed by atoms with Crippen LogP contribution in [-0.4, -0.2) is 47.7 Å². The Morgan fingerprint density at radius 2 is 1.91 bits per heavy atom. The highest BCUT2D eigenvalue weighted by molar-refractivity contribution is 6.15. The summed E-state index contributed by atoms with van der Waals surface area (Å²) in [6.45, 7) is 0.136. The number of hydrogen-bond donors (Lipinski definition) is 3. The Kier molecular flexibility index (Phi) is 5.59. The molecule has 0 spiro atoms. The van der Waals surface area contributed by atoms with E-state index in [-0.39, 0.29) is 36.4 Å². The van der Waals surface area contributed by atoms with E-state index in [9.17, 15) is 24.0 Å². The number of nitrogens with one attached hydrogen (secondary N) is 3. The predicted molar refractivity (Wildman–Crippen MR) is 112 cm³/mol. The van der Waals surface area contributed by atoms with Crippen LogP contribution in [0.15, 0.2) is 42.5 Å². The highest BCUT2D eigenvalue weighted by atomic mass is 16.5. The number of urea groups is 1. The fraction of sp³-hybridized carbons (Fsp3) is 0.227. The normalized spacial score (nSPS) is 17.5. The number of hydrogen-bond acceptors (Lipinski definition) is 6. The number of methoxy groups -OCH3 is 1. The Balaban J connectivity index is 1.49. The Morgan fingerprint density at radius 1 is 1.12 bits per heavy atom. The number of fused-ring (bicyclic) bond motifs is 1. The van der Waals surface area contributed by atoms with Crippen LogP contribution in [0.5, 0.6) is 5.75 Å². The van der Waals surface area contributed by atoms with Crippen molar-refractivity contribution in [3.8, 4) is 5.75 Å². The lowest BCUT2D eigenvalue weighted by Gasteiger charge is -2.29. The van der Waals surface area contributed by atoms with Crippen molar-refractivity contribution in [2.75, 3.05) is 12.4 Å². The van der Waals surface area contributed by atoms with E-state index in [1.807, 2.05) is 0 Å². The molecule has 1 saturated heterocycles. The van der Waals surface area contributed by atoms with E-state index in [0.29, 0.717) is 17.0 Å². The summed E-state index contributed by atoms with van der Waals surface area (Å²) in [5, 5.41) is 6.99. The van der Waals surface area contributed by atoms with Crippen molar-refractivity contribution in [2.45, 2.75) is 25.4 Å². The fourth-order valence-electron chi connectivity index (χ4n) is 3.84. The smallest absolute Gasteiger partial charge is 0.326 e. The second kappa shape index (κ2) is 8.50. The molecule has 6 amide bonds. The molecule has 4 rings (SSSR count). The van der Waals surface area contributed by atoms with E-state index in [4.69, 9.17) is 4.74 Å². The maximum Gasteiger partial charge on any atom is 0.326 e. The van der Waals surface area contributed by atoms with Crippen LogP contribution in [0.1, 0.15) is 39.1 Å². The topological polar surface area (TPSA) is 134 Å². The molecular formula is C22H20N4O6. The number of imide groups is 2. The zero-order valence-electron chi connectivity index (χ0n) is 17.1. The maximum atomic E-state index is 13.1. The second-order valence-electron chi connectivity index (χ2n) is 7.38. The van der Waals surface area contributed by atoms with Crippen molar-refractivity contribution in [1.29, 1.82) is 0 Å². The van der Waals surface area contributed by atoms with Gasteiger partial charge in [-0.1, -0.05) is 18.2 Å². The Labute approximate surface area is 182 Å². The second-order valence-corrected chi connectivity index (χ2v) is 7.38. The predicted octanol–water partition coefficient (Wildman–Crippen LogP) is 1.42. The highest BCUT2D eigenvalue weighted by Crippen LogP contribution is 2.29. The molecule has 2 aromatic rings. The van der Waals surface area contributed by atoms with Gasteiger partial charge in [-0.05, 0) is 30.2 Å². The molecule has 0 radical (unpaired) electrons. The van der Waals surface area contributed by atoms with Gasteiger partial charge in [-0.3, -0.25) is 29.8 Å². The van der Waals surface area contributed by atoms with Crippen LogP contribution in [0.2, 0.25) is 0 Å². The molecule has 1 unspecified atom stereocenters. The first-order valence-electron chi connectivity index (χ1n) is 9.90. The van der Waals surface area contributed by atoms with Crippen LogP contribution < -0.4 is 20.7 Å². The lowest BCUT2D eigenvalue weighted by Crippen LogP contribution is -2.52. The third-order valence-electron chi connectivity index (χ3n) is 5.35. The van der Waals surface area contributed by atoms with Gasteiger partial charge in [0.25, 0.3) is 11.8 Å². The number of anilines is 1. The van der Waals surface area contributed by atoms with Gasteiger partial charge >= 0.3 is 6.03 Å². The number of amides is 6. The summed E-state index contributed by atoms with van der Waals surface area (Å²) in [5.74, 6) is -1.62. The molecule has 0 saturated carbocycles. The molecule has 0 bridgehead atoms. The fourth-order valence-corrected chi connectivity index (χ4v) is 3.84. The van der Waals surface area contributed by atoms with Gasteiger partial charge in [-0.15, -0.1) is 0 Å². The van der Waals surface area contributed by atoms with Crippen molar-refractivity contribution in [3.63, 3.8) is 0 Å². The molecule has 0 aromatic heterocycles. The van der Waals surface area contributed by atoms with Crippen molar-refractivity contribution >= 4 is 35.3 Å². The summed E-state index contributed by atoms with van der Waals surface area (Å²) in [6, 6.07) is 9.79. The van der Waals surface area contributed by atoms with E-state index in [1.165, 1.54) is 18.1 Å². The SMILES string of the molecule is COc1cccc(NC(=O)NC(=O)c2cccc3c2C(=O)N(C2CCC(=O)NC2=O)C3)c1. The third-order valence-corrected chi connectivity index (χ3v) is 5.35. The molecule has 2 aromatic carbocycles. The molecule has 3 N–H and O–H groups in total. The zero-order valence-corrected chi connectivity index (χ0v) is 17.1. The first kappa shape index (κ1) is 21.0. The summed E-state index contributed by atoms with van der Waals surface area (Å²) in [5.41, 5.74) is 1.17. The molecule has 1 atom stereocenters. The minimum Gasteiger partial charge on any atom is -0.497 e. The average molecular weight is 436 g/mol. The molecule has 32 heavy (non-hydrogen) atoms. The molecule has 10 heteroatoms. The number of carbonyl (C=O) groups is 5. The van der Waals surface area contributed by atoms with E-state index in [1.54, 1.807) is 36.4 Å². The van der Waals surface area contributed by atoms with Crippen LogP contribution in [0.3, 0.4) is 0 Å². The Bertz CT molecular complexity index is 1140. The van der Waals surface area contributed by atoms with Gasteiger partial charge in [0.15, 0.2) is 0 Å². The Hall–Kier alpha value is -4.21. The monoisotopic (exact) mass is 436 g/mol. The van der Waals surface area contributed by atoms with Gasteiger partial charge in [0.2, 0.25) is 11.8 Å². The molecular weight excluding hydrogens is 416 g/mol. The lowest BCUT2D eigenvalue weighted by atomic mass is 10.0. The summed E-state index contributed by atoms with van der Waals surface area (Å²) >= 11 is 0. The minimum absolute atomic E-state index is 0.0306. The summed E-state index contributed by atoms with van der Waals surface area (Å²) in [4.78, 5) is 63.1. The van der Waals surface area contributed by atoms with Gasteiger partial charge in [-0.25, -0.2) is 4.79 Å². The summed E-state index contributed by atoms with van der Waals surface area (Å²) in [7, 11) is 1.49. The first-order chi connectivity index (χ1) is 15.4. The van der Waals surface area contributed by atoms with E-state index in [0.717, 1.165) is 0 Å². The standard InChI is InChI=1S/C22H20N4O6/c1-32-14-6-3-5-13(10-14)23-22(31)25-19(28)15-7-2-4-12-11-26(21(30)18(12)15)16-8-9-17(27)24-20(16)29/h2-7,10,16H,8-9,11H2,1H3,(H,24,27,29)(H2,23,25,28,31). The van der Waals surface area contributed by atoms with Crippen molar-refractivity contribution in [2.24, 2.45) is 0 Å². The summed E-state index contributed by atoms with van der Waals surface area (Å²) in [6.07, 6.45) is 0.350. The van der Waals surface area contributed by atoms with Gasteiger partial charge in [-0.2, -0.15) is 0 Å². The van der Waals surface area contributed by atoms with Gasteiger partial charge < -0.3 is 15.0 Å². The molecule has 2 aliphatic rings. The number of ether oxygens (including phenoxy) is 1. The highest BCUT2D eigenvalue weighted by Gasteiger charge is 2.40. The Morgan fingerprint density at radius 3 is 2.66 bits per heavy atom. The van der Waals surface area contributed by atoms with Gasteiger partial charge in [0.1, 0.15) is 11.8 Å². The average Bonchev–Trinajstić information content (AvgIpc) is 3.10. The van der Waals surface area contributed by atoms with Crippen LogP contribution in [-0.2, 0) is 16.1 Å². The molecule has 2 heterocycles. The molecule has 1 fully saturated rings. The first-order valence-corrected chi connectivity index (χ1v) is 9.90. The number of piperidine rings is 1. The maximum absolute atomic E-state index is 13.1. The van der Waals surface area contributed by atoms with E-state index in [2.05, 4.69) is 16.0 Å². The van der Waals surface area contributed by atoms with Gasteiger partial charge in [0, 0.05) is 24.7 Å². The van der Waals surface area contributed by atoms with Crippen LogP contribution in [0.25, 0.3) is 0 Å². The van der Waals surface area contributed by atoms with Crippen LogP contribution in [0, 0.1) is 0 Å². The summed E-state index contributed by atoms with van der Waals surface area (Å²) < 4.78 is 5.09. The van der Waals surface area contributed by atoms with Crippen LogP contribution >= 0.6 is 0 Å². The number of carbonyl (C=O) groups excluding carboxylic acids is 5. The van der Waals surface area contributed by atoms with Gasteiger partial charge in [0.05, 0.1) is 18.2 Å². The molecule has 2 aliphatic heterocycles. The quantitative estimate of drug-likeness (QED) is 0.621. The van der Waals surface area contributed by atoms with E-state index < -0.39 is 29.8 Å². The number of rotatable bonds is 4. The molecule has 0 aliphatic carbocycles. The van der Waals surface area contributed by atoms with Crippen molar-refractivity contribution in [3.05, 3.63) is 59.2 Å².